The number of carbonyl (C=O) groups is 1. The lowest BCUT2D eigenvalue weighted by atomic mass is 10.1. The molecule has 0 saturated heterocycles. The van der Waals surface area contributed by atoms with Crippen molar-refractivity contribution in [1.29, 1.82) is 0 Å². The molecule has 0 aliphatic rings. The summed E-state index contributed by atoms with van der Waals surface area (Å²) < 4.78 is 30.5. The first-order valence-corrected chi connectivity index (χ1v) is 7.39. The van der Waals surface area contributed by atoms with Gasteiger partial charge in [-0.1, -0.05) is 12.1 Å². The van der Waals surface area contributed by atoms with Crippen molar-refractivity contribution in [3.05, 3.63) is 35.4 Å². The van der Waals surface area contributed by atoms with Gasteiger partial charge in [0.1, 0.15) is 0 Å². The van der Waals surface area contributed by atoms with E-state index in [-0.39, 0.29) is 18.3 Å². The van der Waals surface area contributed by atoms with Crippen molar-refractivity contribution in [1.82, 2.24) is 4.72 Å². The molecule has 0 bridgehead atoms. The van der Waals surface area contributed by atoms with Gasteiger partial charge in [-0.15, -0.1) is 0 Å². The zero-order valence-corrected chi connectivity index (χ0v) is 11.7. The van der Waals surface area contributed by atoms with Crippen LogP contribution in [-0.4, -0.2) is 34.1 Å². The number of nitrogens with one attached hydrogen (secondary N) is 1. The van der Waals surface area contributed by atoms with Crippen molar-refractivity contribution >= 4 is 16.0 Å². The van der Waals surface area contributed by atoms with Gasteiger partial charge in [-0.05, 0) is 24.6 Å². The molecule has 1 aromatic rings. The van der Waals surface area contributed by atoms with Crippen LogP contribution in [0.5, 0.6) is 0 Å². The lowest BCUT2D eigenvalue weighted by Crippen LogP contribution is -2.35. The van der Waals surface area contributed by atoms with Gasteiger partial charge in [0, 0.05) is 12.6 Å². The zero-order valence-electron chi connectivity index (χ0n) is 10.9. The predicted octanol–water partition coefficient (Wildman–Crippen LogP) is 0.240. The van der Waals surface area contributed by atoms with Crippen LogP contribution >= 0.6 is 0 Å². The fourth-order valence-electron chi connectivity index (χ4n) is 1.43. The minimum absolute atomic E-state index is 0.180. The quantitative estimate of drug-likeness (QED) is 0.730. The van der Waals surface area contributed by atoms with Crippen LogP contribution in [0.2, 0.25) is 0 Å². The summed E-state index contributed by atoms with van der Waals surface area (Å²) in [5.41, 5.74) is 6.32. The Hall–Kier alpha value is -1.44. The standard InChI is InChI=1S/C12H18N2O4S/c1-9(13)7-14-19(16,17)8-10-4-3-5-11(6-10)12(15)18-2/h3-6,9,14H,7-8,13H2,1-2H3. The minimum Gasteiger partial charge on any atom is -0.465 e. The van der Waals surface area contributed by atoms with E-state index in [1.54, 1.807) is 25.1 Å². The first-order valence-electron chi connectivity index (χ1n) is 5.74. The van der Waals surface area contributed by atoms with Crippen molar-refractivity contribution in [2.24, 2.45) is 5.73 Å². The van der Waals surface area contributed by atoms with Crippen LogP contribution in [-0.2, 0) is 20.5 Å². The van der Waals surface area contributed by atoms with Gasteiger partial charge in [0.25, 0.3) is 0 Å². The molecule has 0 spiro atoms. The van der Waals surface area contributed by atoms with Gasteiger partial charge >= 0.3 is 5.97 Å². The van der Waals surface area contributed by atoms with E-state index in [1.165, 1.54) is 13.2 Å². The lowest BCUT2D eigenvalue weighted by molar-refractivity contribution is 0.0600. The summed E-state index contributed by atoms with van der Waals surface area (Å²) in [7, 11) is -2.19. The van der Waals surface area contributed by atoms with Gasteiger partial charge in [-0.25, -0.2) is 17.9 Å². The third kappa shape index (κ3) is 5.37. The van der Waals surface area contributed by atoms with Crippen LogP contribution in [0.15, 0.2) is 24.3 Å². The van der Waals surface area contributed by atoms with E-state index < -0.39 is 16.0 Å². The Morgan fingerprint density at radius 3 is 2.74 bits per heavy atom. The molecule has 0 amide bonds. The maximum absolute atomic E-state index is 11.8. The lowest BCUT2D eigenvalue weighted by Gasteiger charge is -2.09. The molecule has 19 heavy (non-hydrogen) atoms. The Labute approximate surface area is 113 Å². The Morgan fingerprint density at radius 1 is 1.47 bits per heavy atom. The van der Waals surface area contributed by atoms with Crippen molar-refractivity contribution in [2.45, 2.75) is 18.7 Å². The molecule has 7 heteroatoms. The fourth-order valence-corrected chi connectivity index (χ4v) is 2.67. The van der Waals surface area contributed by atoms with Gasteiger partial charge in [0.05, 0.1) is 18.4 Å². The third-order valence-corrected chi connectivity index (χ3v) is 3.65. The summed E-state index contributed by atoms with van der Waals surface area (Å²) in [4.78, 5) is 11.3. The van der Waals surface area contributed by atoms with Gasteiger partial charge in [0.2, 0.25) is 10.0 Å². The molecular formula is C12H18N2O4S. The first kappa shape index (κ1) is 15.6. The number of sulfonamides is 1. The highest BCUT2D eigenvalue weighted by Crippen LogP contribution is 2.09. The molecule has 6 nitrogen and oxygen atoms in total. The highest BCUT2D eigenvalue weighted by atomic mass is 32.2. The van der Waals surface area contributed by atoms with E-state index in [0.29, 0.717) is 11.1 Å². The SMILES string of the molecule is COC(=O)c1cccc(CS(=O)(=O)NCC(C)N)c1. The van der Waals surface area contributed by atoms with E-state index >= 15 is 0 Å². The summed E-state index contributed by atoms with van der Waals surface area (Å²) in [6.07, 6.45) is 0. The highest BCUT2D eigenvalue weighted by Gasteiger charge is 2.13. The molecule has 0 radical (unpaired) electrons. The van der Waals surface area contributed by atoms with E-state index in [4.69, 9.17) is 5.73 Å². The number of benzene rings is 1. The fraction of sp³-hybridized carbons (Fsp3) is 0.417. The Morgan fingerprint density at radius 2 is 2.16 bits per heavy atom. The summed E-state index contributed by atoms with van der Waals surface area (Å²) >= 11 is 0. The summed E-state index contributed by atoms with van der Waals surface area (Å²) in [5, 5.41) is 0. The third-order valence-electron chi connectivity index (χ3n) is 2.33. The molecule has 1 aromatic carbocycles. The molecule has 1 rings (SSSR count). The predicted molar refractivity (Wildman–Crippen MR) is 72.1 cm³/mol. The van der Waals surface area contributed by atoms with Crippen LogP contribution < -0.4 is 10.5 Å². The maximum atomic E-state index is 11.8. The molecular weight excluding hydrogens is 268 g/mol. The average Bonchev–Trinajstić information content (AvgIpc) is 2.35. The molecule has 106 valence electrons. The molecule has 0 aliphatic heterocycles. The maximum Gasteiger partial charge on any atom is 0.337 e. The molecule has 0 fully saturated rings. The number of nitrogens with two attached hydrogens (primary N) is 1. The van der Waals surface area contributed by atoms with Crippen LogP contribution in [0.1, 0.15) is 22.8 Å². The van der Waals surface area contributed by atoms with Crippen molar-refractivity contribution in [2.75, 3.05) is 13.7 Å². The molecule has 0 aliphatic carbocycles. The summed E-state index contributed by atoms with van der Waals surface area (Å²) in [6, 6.07) is 6.06. The monoisotopic (exact) mass is 286 g/mol. The molecule has 1 unspecified atom stereocenters. The second-order valence-corrected chi connectivity index (χ2v) is 6.08. The molecule has 3 N–H and O–H groups in total. The van der Waals surface area contributed by atoms with Crippen molar-refractivity contribution < 1.29 is 17.9 Å². The van der Waals surface area contributed by atoms with Crippen molar-refractivity contribution in [3.8, 4) is 0 Å². The average molecular weight is 286 g/mol. The van der Waals surface area contributed by atoms with E-state index in [2.05, 4.69) is 9.46 Å². The second-order valence-electron chi connectivity index (χ2n) is 4.28. The Bertz CT molecular complexity index is 540. The first-order chi connectivity index (χ1) is 8.84. The normalized spacial score (nSPS) is 13.0. The van der Waals surface area contributed by atoms with Gasteiger partial charge < -0.3 is 10.5 Å². The van der Waals surface area contributed by atoms with Crippen molar-refractivity contribution in [3.63, 3.8) is 0 Å². The van der Waals surface area contributed by atoms with E-state index in [9.17, 15) is 13.2 Å². The number of esters is 1. The number of carbonyl (C=O) groups excluding carboxylic acids is 1. The van der Waals surface area contributed by atoms with Crippen LogP contribution in [0.3, 0.4) is 0 Å². The summed E-state index contributed by atoms with van der Waals surface area (Å²) in [6.45, 7) is 1.89. The van der Waals surface area contributed by atoms with Gasteiger partial charge in [-0.3, -0.25) is 0 Å². The smallest absolute Gasteiger partial charge is 0.337 e. The Balaban J connectivity index is 2.79. The number of ether oxygens (including phenoxy) is 1. The number of hydrogen-bond acceptors (Lipinski definition) is 5. The molecule has 0 saturated carbocycles. The molecule has 1 atom stereocenters. The molecule has 0 heterocycles. The van der Waals surface area contributed by atoms with Crippen LogP contribution in [0, 0.1) is 0 Å². The van der Waals surface area contributed by atoms with Crippen LogP contribution in [0.4, 0.5) is 0 Å². The minimum atomic E-state index is -3.46. The second kappa shape index (κ2) is 6.65. The Kier molecular flexibility index (Phi) is 5.46. The zero-order chi connectivity index (χ0) is 14.5. The highest BCUT2D eigenvalue weighted by molar-refractivity contribution is 7.88. The van der Waals surface area contributed by atoms with Crippen LogP contribution in [0.25, 0.3) is 0 Å². The van der Waals surface area contributed by atoms with E-state index in [0.717, 1.165) is 0 Å². The topological polar surface area (TPSA) is 98.5 Å². The van der Waals surface area contributed by atoms with E-state index in [1.807, 2.05) is 0 Å². The largest absolute Gasteiger partial charge is 0.465 e. The number of rotatable bonds is 6. The number of hydrogen-bond donors (Lipinski definition) is 2. The molecule has 0 aromatic heterocycles. The summed E-state index contributed by atoms with van der Waals surface area (Å²) in [5.74, 6) is -0.701. The van der Waals surface area contributed by atoms with Gasteiger partial charge in [0.15, 0.2) is 0 Å². The van der Waals surface area contributed by atoms with Gasteiger partial charge in [-0.2, -0.15) is 0 Å². The number of methoxy groups -OCH3 is 1.